The van der Waals surface area contributed by atoms with Gasteiger partial charge in [-0.15, -0.1) is 0 Å². The van der Waals surface area contributed by atoms with Crippen LogP contribution in [-0.4, -0.2) is 10.7 Å². The molecule has 1 unspecified atom stereocenters. The first-order valence-electron chi connectivity index (χ1n) is 8.36. The van der Waals surface area contributed by atoms with E-state index < -0.39 is 0 Å². The summed E-state index contributed by atoms with van der Waals surface area (Å²) in [6, 6.07) is 0. The fourth-order valence-electron chi connectivity index (χ4n) is 2.98. The Balaban J connectivity index is 4.59. The van der Waals surface area contributed by atoms with E-state index in [2.05, 4.69) is 27.7 Å². The molecule has 0 spiro atoms. The van der Waals surface area contributed by atoms with Crippen molar-refractivity contribution in [2.45, 2.75) is 104 Å². The Morgan fingerprint density at radius 2 is 1.22 bits per heavy atom. The third-order valence-electron chi connectivity index (χ3n) is 4.23. The molecule has 1 atom stereocenters. The first-order chi connectivity index (χ1) is 8.64. The fraction of sp³-hybridized carbons (Fsp3) is 1.00. The molecule has 0 aromatic rings. The molecule has 0 aliphatic rings. The molecule has 0 aliphatic carbocycles. The zero-order valence-corrected chi connectivity index (χ0v) is 13.3. The summed E-state index contributed by atoms with van der Waals surface area (Å²) < 4.78 is 0. The van der Waals surface area contributed by atoms with Crippen LogP contribution in [0.25, 0.3) is 0 Å². The van der Waals surface area contributed by atoms with Crippen LogP contribution >= 0.6 is 0 Å². The van der Waals surface area contributed by atoms with E-state index in [9.17, 15) is 5.11 Å². The Morgan fingerprint density at radius 3 is 1.61 bits per heavy atom. The molecule has 0 aromatic carbocycles. The van der Waals surface area contributed by atoms with Crippen LogP contribution in [0.3, 0.4) is 0 Å². The summed E-state index contributed by atoms with van der Waals surface area (Å²) in [6.07, 6.45) is 12.9. The second kappa shape index (κ2) is 10.8. The Labute approximate surface area is 115 Å². The molecule has 1 N–H and O–H groups in total. The molecular weight excluding hydrogens is 220 g/mol. The summed E-state index contributed by atoms with van der Waals surface area (Å²) in [4.78, 5) is 0. The van der Waals surface area contributed by atoms with Gasteiger partial charge in [0.2, 0.25) is 0 Å². The van der Waals surface area contributed by atoms with Crippen molar-refractivity contribution in [3.63, 3.8) is 0 Å². The molecule has 1 nitrogen and oxygen atoms in total. The molecule has 18 heavy (non-hydrogen) atoms. The summed E-state index contributed by atoms with van der Waals surface area (Å²) in [7, 11) is 0. The van der Waals surface area contributed by atoms with Gasteiger partial charge in [-0.1, -0.05) is 72.6 Å². The van der Waals surface area contributed by atoms with Crippen molar-refractivity contribution in [2.75, 3.05) is 0 Å². The van der Waals surface area contributed by atoms with Crippen molar-refractivity contribution >= 4 is 0 Å². The molecular formula is C17H36O. The second-order valence-electron chi connectivity index (χ2n) is 5.94. The van der Waals surface area contributed by atoms with Crippen LogP contribution in [0.5, 0.6) is 0 Å². The molecule has 110 valence electrons. The van der Waals surface area contributed by atoms with Gasteiger partial charge in [-0.25, -0.2) is 0 Å². The normalized spacial score (nSPS) is 13.8. The Kier molecular flexibility index (Phi) is 10.8. The van der Waals surface area contributed by atoms with Gasteiger partial charge in [0.1, 0.15) is 0 Å². The molecule has 0 aromatic heterocycles. The summed E-state index contributed by atoms with van der Waals surface area (Å²) in [5.41, 5.74) is -0.378. The topological polar surface area (TPSA) is 20.2 Å². The standard InChI is InChI=1S/C17H36O/c1-5-9-13-16(12-8-4)17(18,14-10-6-2)15-11-7-3/h16,18H,5-15H2,1-4H3. The Hall–Kier alpha value is -0.0400. The molecule has 0 fully saturated rings. The van der Waals surface area contributed by atoms with Gasteiger partial charge in [0.25, 0.3) is 0 Å². The van der Waals surface area contributed by atoms with Crippen LogP contribution in [0.2, 0.25) is 0 Å². The van der Waals surface area contributed by atoms with Crippen LogP contribution in [-0.2, 0) is 0 Å². The van der Waals surface area contributed by atoms with Crippen LogP contribution in [0, 0.1) is 5.92 Å². The third kappa shape index (κ3) is 6.78. The van der Waals surface area contributed by atoms with Gasteiger partial charge >= 0.3 is 0 Å². The summed E-state index contributed by atoms with van der Waals surface area (Å²) in [6.45, 7) is 8.95. The van der Waals surface area contributed by atoms with E-state index in [1.54, 1.807) is 0 Å². The molecule has 0 saturated heterocycles. The predicted molar refractivity (Wildman–Crippen MR) is 81.9 cm³/mol. The fourth-order valence-corrected chi connectivity index (χ4v) is 2.98. The highest BCUT2D eigenvalue weighted by molar-refractivity contribution is 4.86. The minimum atomic E-state index is -0.378. The van der Waals surface area contributed by atoms with Crippen molar-refractivity contribution in [2.24, 2.45) is 5.92 Å². The molecule has 0 aliphatic heterocycles. The van der Waals surface area contributed by atoms with E-state index in [0.717, 1.165) is 12.8 Å². The summed E-state index contributed by atoms with van der Waals surface area (Å²) in [5, 5.41) is 11.1. The van der Waals surface area contributed by atoms with Gasteiger partial charge in [0.05, 0.1) is 5.60 Å². The lowest BCUT2D eigenvalue weighted by Gasteiger charge is -2.37. The lowest BCUT2D eigenvalue weighted by Crippen LogP contribution is -2.38. The lowest BCUT2D eigenvalue weighted by molar-refractivity contribution is -0.0444. The van der Waals surface area contributed by atoms with Crippen molar-refractivity contribution in [1.29, 1.82) is 0 Å². The SMILES string of the molecule is CCCCC(CCC)C(O)(CCCC)CCCC. The number of hydrogen-bond acceptors (Lipinski definition) is 1. The van der Waals surface area contributed by atoms with Gasteiger partial charge in [-0.2, -0.15) is 0 Å². The number of hydrogen-bond donors (Lipinski definition) is 1. The van der Waals surface area contributed by atoms with Gasteiger partial charge in [-0.3, -0.25) is 0 Å². The quantitative estimate of drug-likeness (QED) is 0.474. The summed E-state index contributed by atoms with van der Waals surface area (Å²) in [5.74, 6) is 0.528. The van der Waals surface area contributed by atoms with Gasteiger partial charge < -0.3 is 5.11 Å². The monoisotopic (exact) mass is 256 g/mol. The van der Waals surface area contributed by atoms with E-state index in [4.69, 9.17) is 0 Å². The number of rotatable bonds is 12. The molecule has 0 radical (unpaired) electrons. The zero-order valence-electron chi connectivity index (χ0n) is 13.3. The Morgan fingerprint density at radius 1 is 0.722 bits per heavy atom. The highest BCUT2D eigenvalue weighted by Gasteiger charge is 2.34. The minimum Gasteiger partial charge on any atom is -0.390 e. The molecule has 0 heterocycles. The first kappa shape index (κ1) is 18.0. The van der Waals surface area contributed by atoms with Crippen LogP contribution in [0.4, 0.5) is 0 Å². The van der Waals surface area contributed by atoms with Gasteiger partial charge in [0, 0.05) is 0 Å². The highest BCUT2D eigenvalue weighted by atomic mass is 16.3. The van der Waals surface area contributed by atoms with Gasteiger partial charge in [0.15, 0.2) is 0 Å². The third-order valence-corrected chi connectivity index (χ3v) is 4.23. The molecule has 0 bridgehead atoms. The molecule has 0 rings (SSSR count). The van der Waals surface area contributed by atoms with E-state index in [1.165, 1.54) is 57.8 Å². The molecule has 0 saturated carbocycles. The minimum absolute atomic E-state index is 0.378. The van der Waals surface area contributed by atoms with Crippen molar-refractivity contribution in [3.05, 3.63) is 0 Å². The zero-order chi connectivity index (χ0) is 13.9. The second-order valence-corrected chi connectivity index (χ2v) is 5.94. The largest absolute Gasteiger partial charge is 0.390 e. The molecule has 1 heteroatoms. The van der Waals surface area contributed by atoms with Gasteiger partial charge in [-0.05, 0) is 31.6 Å². The maximum Gasteiger partial charge on any atom is 0.0675 e. The van der Waals surface area contributed by atoms with Crippen molar-refractivity contribution in [1.82, 2.24) is 0 Å². The van der Waals surface area contributed by atoms with Crippen LogP contribution in [0.15, 0.2) is 0 Å². The average molecular weight is 256 g/mol. The van der Waals surface area contributed by atoms with E-state index in [1.807, 2.05) is 0 Å². The van der Waals surface area contributed by atoms with Crippen molar-refractivity contribution in [3.8, 4) is 0 Å². The number of unbranched alkanes of at least 4 members (excludes halogenated alkanes) is 3. The lowest BCUT2D eigenvalue weighted by atomic mass is 9.75. The average Bonchev–Trinajstić information content (AvgIpc) is 2.38. The maximum atomic E-state index is 11.1. The highest BCUT2D eigenvalue weighted by Crippen LogP contribution is 2.35. The summed E-state index contributed by atoms with van der Waals surface area (Å²) >= 11 is 0. The smallest absolute Gasteiger partial charge is 0.0675 e. The van der Waals surface area contributed by atoms with E-state index in [0.29, 0.717) is 5.92 Å². The van der Waals surface area contributed by atoms with Crippen LogP contribution < -0.4 is 0 Å². The molecule has 0 amide bonds. The Bertz CT molecular complexity index is 168. The maximum absolute atomic E-state index is 11.1. The predicted octanol–water partition coefficient (Wildman–Crippen LogP) is 5.70. The van der Waals surface area contributed by atoms with Crippen LogP contribution in [0.1, 0.15) is 98.3 Å². The number of aliphatic hydroxyl groups is 1. The first-order valence-corrected chi connectivity index (χ1v) is 8.36. The van der Waals surface area contributed by atoms with E-state index >= 15 is 0 Å². The van der Waals surface area contributed by atoms with Crippen molar-refractivity contribution < 1.29 is 5.11 Å². The van der Waals surface area contributed by atoms with E-state index in [-0.39, 0.29) is 5.60 Å².